The third-order valence-electron chi connectivity index (χ3n) is 3.76. The number of halogens is 2. The molecule has 2 amide bonds. The van der Waals surface area contributed by atoms with Crippen LogP contribution < -0.4 is 4.90 Å². The summed E-state index contributed by atoms with van der Waals surface area (Å²) in [5.41, 5.74) is 0.395. The lowest BCUT2D eigenvalue weighted by atomic mass is 10.2. The van der Waals surface area contributed by atoms with Crippen molar-refractivity contribution in [3.63, 3.8) is 0 Å². The average molecular weight is 329 g/mol. The third kappa shape index (κ3) is 2.79. The molecule has 7 heteroatoms. The Morgan fingerprint density at radius 3 is 2.52 bits per heavy atom. The van der Waals surface area contributed by atoms with Crippen molar-refractivity contribution in [1.82, 2.24) is 4.90 Å². The molecule has 2 heterocycles. The van der Waals surface area contributed by atoms with E-state index in [0.717, 1.165) is 0 Å². The minimum absolute atomic E-state index is 0.178. The molecule has 1 aromatic rings. The van der Waals surface area contributed by atoms with Crippen LogP contribution >= 0.6 is 23.2 Å². The molecule has 3 rings (SSSR count). The number of nitrogens with zero attached hydrogens (tertiary/aromatic N) is 2. The van der Waals surface area contributed by atoms with Crippen LogP contribution in [0, 0.1) is 0 Å². The smallest absolute Gasteiger partial charge is 0.251 e. The van der Waals surface area contributed by atoms with Crippen molar-refractivity contribution in [2.45, 2.75) is 12.5 Å². The zero-order valence-electron chi connectivity index (χ0n) is 11.2. The number of amides is 2. The van der Waals surface area contributed by atoms with E-state index in [1.807, 2.05) is 4.90 Å². The number of rotatable bonds is 2. The largest absolute Gasteiger partial charge is 0.379 e. The summed E-state index contributed by atoms with van der Waals surface area (Å²) in [6.07, 6.45) is 0.178. The number of hydrogen-bond donors (Lipinski definition) is 0. The van der Waals surface area contributed by atoms with E-state index in [9.17, 15) is 9.59 Å². The monoisotopic (exact) mass is 328 g/mol. The van der Waals surface area contributed by atoms with Gasteiger partial charge in [0.25, 0.3) is 5.91 Å². The van der Waals surface area contributed by atoms with Crippen molar-refractivity contribution >= 4 is 40.7 Å². The fourth-order valence-electron chi connectivity index (χ4n) is 2.71. The minimum Gasteiger partial charge on any atom is -0.379 e. The van der Waals surface area contributed by atoms with E-state index in [-0.39, 0.29) is 18.2 Å². The van der Waals surface area contributed by atoms with Gasteiger partial charge < -0.3 is 4.74 Å². The number of hydrogen-bond acceptors (Lipinski definition) is 4. The zero-order chi connectivity index (χ0) is 15.0. The molecule has 0 bridgehead atoms. The zero-order valence-corrected chi connectivity index (χ0v) is 12.7. The number of carbonyl (C=O) groups excluding carboxylic acids is 2. The van der Waals surface area contributed by atoms with Gasteiger partial charge >= 0.3 is 0 Å². The molecular formula is C14H14Cl2N2O3. The molecule has 0 spiro atoms. The summed E-state index contributed by atoms with van der Waals surface area (Å²) in [6, 6.07) is 4.32. The molecule has 5 nitrogen and oxygen atoms in total. The Balaban J connectivity index is 1.86. The molecule has 112 valence electrons. The average Bonchev–Trinajstić information content (AvgIpc) is 2.76. The van der Waals surface area contributed by atoms with Gasteiger partial charge in [0.15, 0.2) is 0 Å². The number of carbonyl (C=O) groups is 2. The van der Waals surface area contributed by atoms with Gasteiger partial charge in [-0.15, -0.1) is 0 Å². The molecule has 2 fully saturated rings. The summed E-state index contributed by atoms with van der Waals surface area (Å²) in [6.45, 7) is 2.48. The Kier molecular flexibility index (Phi) is 4.17. The summed E-state index contributed by atoms with van der Waals surface area (Å²) in [5, 5.41) is 0.763. The van der Waals surface area contributed by atoms with Gasteiger partial charge in [0.2, 0.25) is 5.91 Å². The molecule has 1 unspecified atom stereocenters. The Morgan fingerprint density at radius 2 is 1.86 bits per heavy atom. The van der Waals surface area contributed by atoms with Crippen LogP contribution in [0.1, 0.15) is 6.42 Å². The first-order chi connectivity index (χ1) is 10.1. The maximum absolute atomic E-state index is 12.6. The predicted octanol–water partition coefficient (Wildman–Crippen LogP) is 1.96. The van der Waals surface area contributed by atoms with Crippen LogP contribution in [-0.2, 0) is 14.3 Å². The van der Waals surface area contributed by atoms with Crippen LogP contribution in [0.4, 0.5) is 5.69 Å². The number of imide groups is 1. The molecular weight excluding hydrogens is 315 g/mol. The van der Waals surface area contributed by atoms with Crippen LogP contribution in [0.2, 0.25) is 10.0 Å². The highest BCUT2D eigenvalue weighted by Gasteiger charge is 2.43. The lowest BCUT2D eigenvalue weighted by Crippen LogP contribution is -2.47. The van der Waals surface area contributed by atoms with Gasteiger partial charge in [-0.3, -0.25) is 14.5 Å². The molecule has 0 aromatic heterocycles. The molecule has 1 atom stereocenters. The van der Waals surface area contributed by atoms with E-state index < -0.39 is 6.04 Å². The van der Waals surface area contributed by atoms with Crippen molar-refractivity contribution in [2.24, 2.45) is 0 Å². The van der Waals surface area contributed by atoms with Crippen LogP contribution in [0.3, 0.4) is 0 Å². The van der Waals surface area contributed by atoms with E-state index in [1.165, 1.54) is 11.0 Å². The Bertz CT molecular complexity index is 588. The Labute approximate surface area is 132 Å². The standard InChI is InChI=1S/C14H14Cl2N2O3/c15-9-1-2-11(10(16)7-9)18-13(19)8-12(14(18)20)17-3-5-21-6-4-17/h1-2,7,12H,3-6,8H2. The summed E-state index contributed by atoms with van der Waals surface area (Å²) >= 11 is 12.0. The van der Waals surface area contributed by atoms with Crippen molar-refractivity contribution in [3.8, 4) is 0 Å². The van der Waals surface area contributed by atoms with E-state index >= 15 is 0 Å². The Morgan fingerprint density at radius 1 is 1.14 bits per heavy atom. The molecule has 1 aromatic carbocycles. The second kappa shape index (κ2) is 5.93. The first-order valence-corrected chi connectivity index (χ1v) is 7.47. The number of anilines is 1. The highest BCUT2D eigenvalue weighted by Crippen LogP contribution is 2.33. The van der Waals surface area contributed by atoms with Crippen molar-refractivity contribution in [2.75, 3.05) is 31.2 Å². The molecule has 0 radical (unpaired) electrons. The lowest BCUT2D eigenvalue weighted by molar-refractivity contribution is -0.123. The normalized spacial score (nSPS) is 23.9. The van der Waals surface area contributed by atoms with Gasteiger partial charge in [-0.05, 0) is 18.2 Å². The number of ether oxygens (including phenoxy) is 1. The van der Waals surface area contributed by atoms with Gasteiger partial charge in [0, 0.05) is 18.1 Å². The fraction of sp³-hybridized carbons (Fsp3) is 0.429. The topological polar surface area (TPSA) is 49.9 Å². The fourth-order valence-corrected chi connectivity index (χ4v) is 3.20. The quantitative estimate of drug-likeness (QED) is 0.779. The van der Waals surface area contributed by atoms with E-state index in [0.29, 0.717) is 42.0 Å². The van der Waals surface area contributed by atoms with Crippen molar-refractivity contribution in [1.29, 1.82) is 0 Å². The predicted molar refractivity (Wildman–Crippen MR) is 79.8 cm³/mol. The summed E-state index contributed by atoms with van der Waals surface area (Å²) < 4.78 is 5.28. The van der Waals surface area contributed by atoms with Gasteiger partial charge in [-0.1, -0.05) is 23.2 Å². The molecule has 2 aliphatic rings. The summed E-state index contributed by atoms with van der Waals surface area (Å²) in [4.78, 5) is 28.0. The third-order valence-corrected chi connectivity index (χ3v) is 4.30. The van der Waals surface area contributed by atoms with Gasteiger partial charge in [0.05, 0.1) is 36.4 Å². The molecule has 0 aliphatic carbocycles. The molecule has 0 N–H and O–H groups in total. The number of benzene rings is 1. The lowest BCUT2D eigenvalue weighted by Gasteiger charge is -2.30. The van der Waals surface area contributed by atoms with Gasteiger partial charge in [0.1, 0.15) is 0 Å². The highest BCUT2D eigenvalue weighted by atomic mass is 35.5. The second-order valence-corrected chi connectivity index (χ2v) is 5.88. The summed E-state index contributed by atoms with van der Waals surface area (Å²) in [7, 11) is 0. The molecule has 2 aliphatic heterocycles. The number of morpholine rings is 1. The van der Waals surface area contributed by atoms with Crippen molar-refractivity contribution < 1.29 is 14.3 Å². The van der Waals surface area contributed by atoms with Crippen molar-refractivity contribution in [3.05, 3.63) is 28.2 Å². The van der Waals surface area contributed by atoms with Gasteiger partial charge in [-0.2, -0.15) is 0 Å². The maximum Gasteiger partial charge on any atom is 0.251 e. The maximum atomic E-state index is 12.6. The molecule has 2 saturated heterocycles. The first kappa shape index (κ1) is 14.8. The van der Waals surface area contributed by atoms with Gasteiger partial charge in [-0.25, -0.2) is 4.90 Å². The van der Waals surface area contributed by atoms with E-state index in [1.54, 1.807) is 12.1 Å². The first-order valence-electron chi connectivity index (χ1n) is 6.71. The molecule has 21 heavy (non-hydrogen) atoms. The minimum atomic E-state index is -0.423. The van der Waals surface area contributed by atoms with Crippen LogP contribution in [0.15, 0.2) is 18.2 Å². The Hall–Kier alpha value is -1.14. The summed E-state index contributed by atoms with van der Waals surface area (Å²) in [5.74, 6) is -0.466. The van der Waals surface area contributed by atoms with Crippen LogP contribution in [0.25, 0.3) is 0 Å². The molecule has 0 saturated carbocycles. The second-order valence-electron chi connectivity index (χ2n) is 5.03. The van der Waals surface area contributed by atoms with Crippen LogP contribution in [-0.4, -0.2) is 49.1 Å². The SMILES string of the molecule is O=C1CC(N2CCOCC2)C(=O)N1c1ccc(Cl)cc1Cl. The highest BCUT2D eigenvalue weighted by molar-refractivity contribution is 6.38. The van der Waals surface area contributed by atoms with E-state index in [4.69, 9.17) is 27.9 Å². The van der Waals surface area contributed by atoms with Crippen LogP contribution in [0.5, 0.6) is 0 Å². The van der Waals surface area contributed by atoms with E-state index in [2.05, 4.69) is 0 Å².